The summed E-state index contributed by atoms with van der Waals surface area (Å²) in [6.45, 7) is 10.9. The third-order valence-electron chi connectivity index (χ3n) is 2.45. The van der Waals surface area contributed by atoms with Crippen molar-refractivity contribution in [3.05, 3.63) is 0 Å². The highest BCUT2D eigenvalue weighted by molar-refractivity contribution is 7.99. The van der Waals surface area contributed by atoms with Gasteiger partial charge in [-0.2, -0.15) is 11.8 Å². The summed E-state index contributed by atoms with van der Waals surface area (Å²) in [5.74, 6) is 0.984. The number of rotatable bonds is 8. The van der Waals surface area contributed by atoms with E-state index in [2.05, 4.69) is 26.1 Å². The van der Waals surface area contributed by atoms with Crippen molar-refractivity contribution in [3.8, 4) is 0 Å². The molecule has 0 heterocycles. The Morgan fingerprint density at radius 3 is 2.38 bits per heavy atom. The van der Waals surface area contributed by atoms with Gasteiger partial charge in [0.1, 0.15) is 5.54 Å². The van der Waals surface area contributed by atoms with Crippen LogP contribution in [0, 0.1) is 5.92 Å². The maximum Gasteiger partial charge on any atom is 0.323 e. The summed E-state index contributed by atoms with van der Waals surface area (Å²) in [5, 5.41) is 12.6. The molecule has 16 heavy (non-hydrogen) atoms. The predicted octanol–water partition coefficient (Wildman–Crippen LogP) is 2.61. The van der Waals surface area contributed by atoms with Gasteiger partial charge in [0.25, 0.3) is 0 Å². The van der Waals surface area contributed by atoms with Crippen LogP contribution in [0.15, 0.2) is 0 Å². The Bertz CT molecular complexity index is 221. The van der Waals surface area contributed by atoms with Crippen molar-refractivity contribution >= 4 is 17.7 Å². The minimum absolute atomic E-state index is 0.363. The summed E-state index contributed by atoms with van der Waals surface area (Å²) in [7, 11) is 0. The number of carboxylic acids is 1. The molecule has 3 nitrogen and oxygen atoms in total. The Kier molecular flexibility index (Phi) is 7.07. The maximum absolute atomic E-state index is 11.2. The van der Waals surface area contributed by atoms with Gasteiger partial charge in [-0.3, -0.25) is 4.79 Å². The Labute approximate surface area is 103 Å². The van der Waals surface area contributed by atoms with E-state index in [1.807, 2.05) is 18.7 Å². The van der Waals surface area contributed by atoms with Crippen molar-refractivity contribution in [1.29, 1.82) is 0 Å². The molecule has 0 aromatic carbocycles. The highest BCUT2D eigenvalue weighted by atomic mass is 32.2. The molecule has 0 rings (SSSR count). The normalized spacial score (nSPS) is 17.1. The standard InChI is InChI=1S/C12H25NO2S/c1-6-13-12(5,11(14)15)7-10(4)16-8-9(2)3/h9-10,13H,6-8H2,1-5H3,(H,14,15). The van der Waals surface area contributed by atoms with Crippen LogP contribution in [0.5, 0.6) is 0 Å². The highest BCUT2D eigenvalue weighted by Crippen LogP contribution is 2.23. The monoisotopic (exact) mass is 247 g/mol. The van der Waals surface area contributed by atoms with Crippen LogP contribution in [0.3, 0.4) is 0 Å². The van der Waals surface area contributed by atoms with E-state index >= 15 is 0 Å². The van der Waals surface area contributed by atoms with E-state index in [1.54, 1.807) is 6.92 Å². The number of carboxylic acid groups (broad SMARTS) is 1. The Morgan fingerprint density at radius 1 is 1.44 bits per heavy atom. The van der Waals surface area contributed by atoms with Crippen molar-refractivity contribution < 1.29 is 9.90 Å². The quantitative estimate of drug-likeness (QED) is 0.692. The summed E-state index contributed by atoms with van der Waals surface area (Å²) >= 11 is 1.85. The lowest BCUT2D eigenvalue weighted by Crippen LogP contribution is -2.50. The topological polar surface area (TPSA) is 49.3 Å². The molecule has 2 N–H and O–H groups in total. The van der Waals surface area contributed by atoms with E-state index in [0.717, 1.165) is 5.75 Å². The number of hydrogen-bond acceptors (Lipinski definition) is 3. The van der Waals surface area contributed by atoms with Crippen molar-refractivity contribution in [3.63, 3.8) is 0 Å². The molecule has 0 aliphatic rings. The fourth-order valence-corrected chi connectivity index (χ4v) is 2.78. The second-order valence-electron chi connectivity index (χ2n) is 4.91. The van der Waals surface area contributed by atoms with Crippen LogP contribution in [0.25, 0.3) is 0 Å². The second-order valence-corrected chi connectivity index (χ2v) is 6.38. The van der Waals surface area contributed by atoms with Gasteiger partial charge in [0.05, 0.1) is 0 Å². The van der Waals surface area contributed by atoms with Crippen LogP contribution in [0.1, 0.15) is 41.0 Å². The van der Waals surface area contributed by atoms with Gasteiger partial charge < -0.3 is 10.4 Å². The number of hydrogen-bond donors (Lipinski definition) is 2. The molecular weight excluding hydrogens is 222 g/mol. The summed E-state index contributed by atoms with van der Waals surface area (Å²) in [6, 6.07) is 0. The van der Waals surface area contributed by atoms with E-state index in [9.17, 15) is 9.90 Å². The first-order valence-corrected chi connectivity index (χ1v) is 6.96. The molecule has 4 heteroatoms. The van der Waals surface area contributed by atoms with E-state index in [4.69, 9.17) is 0 Å². The van der Waals surface area contributed by atoms with Gasteiger partial charge in [-0.25, -0.2) is 0 Å². The minimum atomic E-state index is -0.794. The van der Waals surface area contributed by atoms with Crippen LogP contribution in [-0.2, 0) is 4.79 Å². The Hall–Kier alpha value is -0.220. The lowest BCUT2D eigenvalue weighted by Gasteiger charge is -2.28. The summed E-state index contributed by atoms with van der Waals surface area (Å²) in [6.07, 6.45) is 0.660. The lowest BCUT2D eigenvalue weighted by atomic mass is 9.96. The molecule has 0 amide bonds. The average molecular weight is 247 g/mol. The number of carbonyl (C=O) groups is 1. The summed E-state index contributed by atoms with van der Waals surface area (Å²) in [4.78, 5) is 11.2. The predicted molar refractivity (Wildman–Crippen MR) is 71.1 cm³/mol. The SMILES string of the molecule is CCNC(C)(CC(C)SCC(C)C)C(=O)O. The average Bonchev–Trinajstić information content (AvgIpc) is 2.14. The van der Waals surface area contributed by atoms with Crippen molar-refractivity contribution in [1.82, 2.24) is 5.32 Å². The number of likely N-dealkylation sites (N-methyl/N-ethyl adjacent to an activating group) is 1. The van der Waals surface area contributed by atoms with Crippen LogP contribution < -0.4 is 5.32 Å². The van der Waals surface area contributed by atoms with Crippen LogP contribution in [-0.4, -0.2) is 34.2 Å². The van der Waals surface area contributed by atoms with E-state index < -0.39 is 11.5 Å². The zero-order valence-electron chi connectivity index (χ0n) is 11.0. The molecule has 0 saturated heterocycles. The fraction of sp³-hybridized carbons (Fsp3) is 0.917. The lowest BCUT2D eigenvalue weighted by molar-refractivity contribution is -0.144. The van der Waals surface area contributed by atoms with Crippen molar-refractivity contribution in [2.75, 3.05) is 12.3 Å². The molecule has 0 fully saturated rings. The molecule has 96 valence electrons. The number of nitrogens with one attached hydrogen (secondary N) is 1. The minimum Gasteiger partial charge on any atom is -0.480 e. The van der Waals surface area contributed by atoms with Crippen molar-refractivity contribution in [2.45, 2.75) is 51.8 Å². The van der Waals surface area contributed by atoms with Gasteiger partial charge in [0, 0.05) is 5.25 Å². The van der Waals surface area contributed by atoms with Crippen LogP contribution in [0.2, 0.25) is 0 Å². The van der Waals surface area contributed by atoms with E-state index in [1.165, 1.54) is 0 Å². The molecule has 0 saturated carbocycles. The molecule has 0 spiro atoms. The molecule has 0 aliphatic carbocycles. The first kappa shape index (κ1) is 15.8. The highest BCUT2D eigenvalue weighted by Gasteiger charge is 2.33. The number of aliphatic carboxylic acids is 1. The van der Waals surface area contributed by atoms with Gasteiger partial charge in [0.2, 0.25) is 0 Å². The van der Waals surface area contributed by atoms with Gasteiger partial charge in [0.15, 0.2) is 0 Å². The molecule has 2 unspecified atom stereocenters. The molecular formula is C12H25NO2S. The summed E-state index contributed by atoms with van der Waals surface area (Å²) < 4.78 is 0. The van der Waals surface area contributed by atoms with Gasteiger partial charge >= 0.3 is 5.97 Å². The van der Waals surface area contributed by atoms with Gasteiger partial charge in [-0.1, -0.05) is 27.7 Å². The molecule has 0 aromatic rings. The molecule has 0 aromatic heterocycles. The second kappa shape index (κ2) is 7.17. The van der Waals surface area contributed by atoms with E-state index in [-0.39, 0.29) is 0 Å². The zero-order valence-corrected chi connectivity index (χ0v) is 11.9. The Morgan fingerprint density at radius 2 is 2.00 bits per heavy atom. The fourth-order valence-electron chi connectivity index (χ4n) is 1.62. The largest absolute Gasteiger partial charge is 0.480 e. The summed E-state index contributed by atoms with van der Waals surface area (Å²) in [5.41, 5.74) is -0.794. The smallest absolute Gasteiger partial charge is 0.323 e. The molecule has 2 atom stereocenters. The third kappa shape index (κ3) is 5.75. The Balaban J connectivity index is 4.23. The first-order valence-electron chi connectivity index (χ1n) is 5.91. The first-order chi connectivity index (χ1) is 7.31. The molecule has 0 radical (unpaired) electrons. The molecule has 0 bridgehead atoms. The van der Waals surface area contributed by atoms with Gasteiger partial charge in [-0.05, 0) is 31.6 Å². The number of thioether (sulfide) groups is 1. The molecule has 0 aliphatic heterocycles. The van der Waals surface area contributed by atoms with Gasteiger partial charge in [-0.15, -0.1) is 0 Å². The van der Waals surface area contributed by atoms with Crippen molar-refractivity contribution in [2.24, 2.45) is 5.92 Å². The van der Waals surface area contributed by atoms with Crippen LogP contribution in [0.4, 0.5) is 0 Å². The van der Waals surface area contributed by atoms with E-state index in [0.29, 0.717) is 24.1 Å². The third-order valence-corrected chi connectivity index (χ3v) is 4.04. The van der Waals surface area contributed by atoms with Crippen LogP contribution >= 0.6 is 11.8 Å². The zero-order chi connectivity index (χ0) is 12.8. The maximum atomic E-state index is 11.2.